The van der Waals surface area contributed by atoms with Crippen LogP contribution in [0.5, 0.6) is 0 Å². The van der Waals surface area contributed by atoms with E-state index in [0.29, 0.717) is 20.2 Å². The second-order valence-electron chi connectivity index (χ2n) is 9.79. The van der Waals surface area contributed by atoms with Crippen LogP contribution >= 0.6 is 47.0 Å². The number of nitrogens with zero attached hydrogens (tertiary/aromatic N) is 2. The molecule has 33 heavy (non-hydrogen) atoms. The van der Waals surface area contributed by atoms with E-state index in [4.69, 9.17) is 52.0 Å². The lowest BCUT2D eigenvalue weighted by molar-refractivity contribution is 0.366. The van der Waals surface area contributed by atoms with E-state index in [1.54, 1.807) is 6.07 Å². The van der Waals surface area contributed by atoms with E-state index in [0.717, 1.165) is 42.8 Å². The highest BCUT2D eigenvalue weighted by atomic mass is 35.5. The summed E-state index contributed by atoms with van der Waals surface area (Å²) in [5.74, 6) is 0.951. The summed E-state index contributed by atoms with van der Waals surface area (Å²) in [7, 11) is 0. The molecular weight excluding hydrogens is 493 g/mol. The van der Waals surface area contributed by atoms with Gasteiger partial charge in [-0.15, -0.1) is 0 Å². The summed E-state index contributed by atoms with van der Waals surface area (Å²) >= 11 is 24.4. The molecule has 0 radical (unpaired) electrons. The number of hydrogen-bond donors (Lipinski definition) is 1. The summed E-state index contributed by atoms with van der Waals surface area (Å²) < 4.78 is 0. The molecule has 1 spiro atoms. The molecule has 0 aromatic heterocycles. The maximum Gasteiger partial charge on any atom is 0.179 e. The van der Waals surface area contributed by atoms with Gasteiger partial charge in [-0.1, -0.05) is 86.6 Å². The van der Waals surface area contributed by atoms with E-state index in [9.17, 15) is 0 Å². The van der Waals surface area contributed by atoms with Crippen molar-refractivity contribution in [2.24, 2.45) is 10.4 Å². The fourth-order valence-electron chi connectivity index (χ4n) is 4.60. The van der Waals surface area contributed by atoms with Crippen molar-refractivity contribution in [3.8, 4) is 0 Å². The van der Waals surface area contributed by atoms with Crippen molar-refractivity contribution in [1.82, 2.24) is 5.32 Å². The highest BCUT2D eigenvalue weighted by molar-refractivity contribution is 7.80. The van der Waals surface area contributed by atoms with Gasteiger partial charge in [0.25, 0.3) is 0 Å². The summed E-state index contributed by atoms with van der Waals surface area (Å²) in [5.41, 5.74) is 1.61. The van der Waals surface area contributed by atoms with Crippen molar-refractivity contribution in [2.75, 3.05) is 4.90 Å². The smallest absolute Gasteiger partial charge is 0.179 e. The molecule has 174 valence electrons. The first kappa shape index (κ1) is 24.5. The minimum atomic E-state index is -0.250. The first-order chi connectivity index (χ1) is 15.6. The predicted molar refractivity (Wildman–Crippen MR) is 147 cm³/mol. The number of amidine groups is 1. The largest absolute Gasteiger partial charge is 0.319 e. The lowest BCUT2D eigenvalue weighted by atomic mass is 9.86. The number of rotatable bonds is 4. The molecule has 1 heterocycles. The zero-order valence-corrected chi connectivity index (χ0v) is 22.1. The van der Waals surface area contributed by atoms with Gasteiger partial charge < -0.3 is 10.2 Å². The number of nitrogens with one attached hydrogen (secondary N) is 1. The maximum atomic E-state index is 6.40. The van der Waals surface area contributed by atoms with Crippen molar-refractivity contribution in [1.29, 1.82) is 0 Å². The zero-order valence-electron chi connectivity index (χ0n) is 19.0. The zero-order chi connectivity index (χ0) is 23.8. The molecule has 1 aliphatic carbocycles. The first-order valence-corrected chi connectivity index (χ1v) is 12.7. The Hall–Kier alpha value is -1.59. The SMILES string of the molecule is CC(C)(C)C(/C=C/c1ccc(Cl)cc1Cl)N=C1NC(=S)N(c2ccc(Cl)cc2)C12CCCC2. The van der Waals surface area contributed by atoms with Gasteiger partial charge in [0.05, 0.1) is 6.04 Å². The molecule has 1 saturated carbocycles. The van der Waals surface area contributed by atoms with Crippen LogP contribution in [-0.2, 0) is 0 Å². The number of halogens is 3. The van der Waals surface area contributed by atoms with E-state index in [2.05, 4.69) is 37.1 Å². The Morgan fingerprint density at radius 2 is 1.67 bits per heavy atom. The van der Waals surface area contributed by atoms with Crippen molar-refractivity contribution in [2.45, 2.75) is 58.0 Å². The van der Waals surface area contributed by atoms with Crippen LogP contribution in [0.1, 0.15) is 52.0 Å². The number of benzene rings is 2. The molecule has 1 N–H and O–H groups in total. The van der Waals surface area contributed by atoms with E-state index in [1.807, 2.05) is 42.5 Å². The van der Waals surface area contributed by atoms with Crippen LogP contribution in [0.3, 0.4) is 0 Å². The number of thiocarbonyl (C=S) groups is 1. The monoisotopic (exact) mass is 519 g/mol. The molecule has 1 aliphatic heterocycles. The first-order valence-electron chi connectivity index (χ1n) is 11.2. The molecule has 1 saturated heterocycles. The average molecular weight is 521 g/mol. The Morgan fingerprint density at radius 1 is 1.03 bits per heavy atom. The standard InChI is InChI=1S/C26H28Cl3N3S/c1-25(2,3)22(13-7-17-6-8-19(28)16-21(17)29)30-23-26(14-4-5-15-26)32(24(33)31-23)20-11-9-18(27)10-12-20/h6-13,16,22H,4-5,14-15H2,1-3H3,(H,30,31,33)/b13-7+. The minimum Gasteiger partial charge on any atom is -0.319 e. The van der Waals surface area contributed by atoms with Crippen LogP contribution < -0.4 is 10.2 Å². The van der Waals surface area contributed by atoms with E-state index in [1.165, 1.54) is 0 Å². The van der Waals surface area contributed by atoms with E-state index >= 15 is 0 Å². The summed E-state index contributed by atoms with van der Waals surface area (Å²) in [6.45, 7) is 6.59. The second-order valence-corrected chi connectivity index (χ2v) is 11.5. The molecule has 0 amide bonds. The molecule has 1 unspecified atom stereocenters. The Bertz CT molecular complexity index is 1100. The van der Waals surface area contributed by atoms with Gasteiger partial charge in [-0.25, -0.2) is 0 Å². The highest BCUT2D eigenvalue weighted by Crippen LogP contribution is 2.43. The lowest BCUT2D eigenvalue weighted by Gasteiger charge is -2.35. The molecule has 1 atom stereocenters. The van der Waals surface area contributed by atoms with Crippen LogP contribution in [-0.4, -0.2) is 22.5 Å². The van der Waals surface area contributed by atoms with Gasteiger partial charge in [0, 0.05) is 20.8 Å². The summed E-state index contributed by atoms with van der Waals surface area (Å²) in [6.07, 6.45) is 8.45. The fraction of sp³-hybridized carbons (Fsp3) is 0.385. The summed E-state index contributed by atoms with van der Waals surface area (Å²) in [6, 6.07) is 13.3. The van der Waals surface area contributed by atoms with Crippen molar-refractivity contribution >= 4 is 69.7 Å². The highest BCUT2D eigenvalue weighted by Gasteiger charge is 2.51. The van der Waals surface area contributed by atoms with E-state index in [-0.39, 0.29) is 17.0 Å². The third-order valence-corrected chi connectivity index (χ3v) is 7.49. The van der Waals surface area contributed by atoms with Crippen LogP contribution in [0.25, 0.3) is 6.08 Å². The second kappa shape index (κ2) is 9.58. The van der Waals surface area contributed by atoms with Gasteiger partial charge in [-0.05, 0) is 72.4 Å². The topological polar surface area (TPSA) is 27.6 Å². The Labute approximate surface area is 216 Å². The van der Waals surface area contributed by atoms with Gasteiger partial charge >= 0.3 is 0 Å². The lowest BCUT2D eigenvalue weighted by Crippen LogP contribution is -2.48. The minimum absolute atomic E-state index is 0.0720. The number of aliphatic imine (C=N–C) groups is 1. The Kier molecular flexibility index (Phi) is 7.12. The quantitative estimate of drug-likeness (QED) is 0.412. The normalized spacial score (nSPS) is 20.2. The van der Waals surface area contributed by atoms with Gasteiger partial charge in [0.2, 0.25) is 0 Å². The van der Waals surface area contributed by atoms with Crippen molar-refractivity contribution in [3.63, 3.8) is 0 Å². The molecule has 2 aromatic carbocycles. The Balaban J connectivity index is 1.73. The summed E-state index contributed by atoms with van der Waals surface area (Å²) in [4.78, 5) is 7.52. The van der Waals surface area contributed by atoms with Crippen LogP contribution in [0.2, 0.25) is 15.1 Å². The van der Waals surface area contributed by atoms with Crippen LogP contribution in [0, 0.1) is 5.41 Å². The third kappa shape index (κ3) is 5.09. The van der Waals surface area contributed by atoms with Crippen molar-refractivity contribution in [3.05, 3.63) is 69.2 Å². The van der Waals surface area contributed by atoms with Gasteiger partial charge in [-0.2, -0.15) is 0 Å². The molecule has 2 fully saturated rings. The molecular formula is C26H28Cl3N3S. The maximum absolute atomic E-state index is 6.40. The molecule has 7 heteroatoms. The number of anilines is 1. The van der Waals surface area contributed by atoms with Gasteiger partial charge in [0.1, 0.15) is 11.4 Å². The predicted octanol–water partition coefficient (Wildman–Crippen LogP) is 8.18. The molecule has 0 bridgehead atoms. The van der Waals surface area contributed by atoms with Gasteiger partial charge in [-0.3, -0.25) is 4.99 Å². The average Bonchev–Trinajstić information content (AvgIpc) is 3.32. The van der Waals surface area contributed by atoms with Crippen molar-refractivity contribution < 1.29 is 0 Å². The van der Waals surface area contributed by atoms with E-state index < -0.39 is 0 Å². The van der Waals surface area contributed by atoms with Crippen LogP contribution in [0.15, 0.2) is 53.5 Å². The third-order valence-electron chi connectivity index (χ3n) is 6.39. The Morgan fingerprint density at radius 3 is 2.27 bits per heavy atom. The van der Waals surface area contributed by atoms with Gasteiger partial charge in [0.15, 0.2) is 5.11 Å². The number of hydrogen-bond acceptors (Lipinski definition) is 2. The molecule has 2 aromatic rings. The van der Waals surface area contributed by atoms with Crippen LogP contribution in [0.4, 0.5) is 5.69 Å². The fourth-order valence-corrected chi connectivity index (χ4v) is 5.57. The molecule has 4 rings (SSSR count). The molecule has 3 nitrogen and oxygen atoms in total. The summed E-state index contributed by atoms with van der Waals surface area (Å²) in [5, 5.41) is 6.12. The molecule has 2 aliphatic rings.